The second-order valence-electron chi connectivity index (χ2n) is 4.30. The molecule has 2 aromatic heterocycles. The Bertz CT molecular complexity index is 526. The molecule has 0 amide bonds. The molecule has 1 unspecified atom stereocenters. The first-order chi connectivity index (χ1) is 8.59. The Kier molecular flexibility index (Phi) is 4.08. The van der Waals surface area contributed by atoms with Crippen LogP contribution in [0, 0.1) is 0 Å². The van der Waals surface area contributed by atoms with Crippen molar-refractivity contribution in [3.63, 3.8) is 0 Å². The lowest BCUT2D eigenvalue weighted by molar-refractivity contribution is 0.168. The fourth-order valence-electron chi connectivity index (χ4n) is 1.76. The van der Waals surface area contributed by atoms with Gasteiger partial charge in [-0.1, -0.05) is 0 Å². The monoisotopic (exact) mass is 310 g/mol. The van der Waals surface area contributed by atoms with Crippen LogP contribution in [-0.2, 0) is 6.42 Å². The molecular formula is C12H15BrN4O. The van der Waals surface area contributed by atoms with Crippen molar-refractivity contribution >= 4 is 15.9 Å². The number of aliphatic hydroxyl groups excluding tert-OH is 1. The lowest BCUT2D eigenvalue weighted by Gasteiger charge is -2.13. The van der Waals surface area contributed by atoms with E-state index < -0.39 is 6.10 Å². The fraction of sp³-hybridized carbons (Fsp3) is 0.417. The van der Waals surface area contributed by atoms with Gasteiger partial charge in [0.25, 0.3) is 0 Å². The second-order valence-corrected chi connectivity index (χ2v) is 5.16. The van der Waals surface area contributed by atoms with Crippen molar-refractivity contribution in [3.8, 4) is 0 Å². The third-order valence-corrected chi connectivity index (χ3v) is 3.29. The molecule has 2 aromatic rings. The highest BCUT2D eigenvalue weighted by Crippen LogP contribution is 2.23. The summed E-state index contributed by atoms with van der Waals surface area (Å²) in [5.74, 6) is 0.759. The van der Waals surface area contributed by atoms with E-state index in [1.807, 2.05) is 26.0 Å². The molecule has 0 fully saturated rings. The minimum absolute atomic E-state index is 0.224. The fourth-order valence-corrected chi connectivity index (χ4v) is 2.28. The summed E-state index contributed by atoms with van der Waals surface area (Å²) in [6.45, 7) is 4.06. The van der Waals surface area contributed by atoms with Crippen molar-refractivity contribution in [2.45, 2.75) is 32.4 Å². The van der Waals surface area contributed by atoms with Crippen LogP contribution in [0.3, 0.4) is 0 Å². The topological polar surface area (TPSA) is 63.8 Å². The minimum Gasteiger partial charge on any atom is -0.386 e. The van der Waals surface area contributed by atoms with E-state index in [0.717, 1.165) is 10.3 Å². The molecule has 0 saturated heterocycles. The van der Waals surface area contributed by atoms with Crippen molar-refractivity contribution in [3.05, 3.63) is 40.6 Å². The average molecular weight is 311 g/mol. The van der Waals surface area contributed by atoms with Gasteiger partial charge >= 0.3 is 0 Å². The van der Waals surface area contributed by atoms with Crippen LogP contribution in [0.5, 0.6) is 0 Å². The van der Waals surface area contributed by atoms with E-state index in [0.29, 0.717) is 12.1 Å². The smallest absolute Gasteiger partial charge is 0.138 e. The minimum atomic E-state index is -0.692. The van der Waals surface area contributed by atoms with Gasteiger partial charge in [0, 0.05) is 23.1 Å². The van der Waals surface area contributed by atoms with Gasteiger partial charge in [0.1, 0.15) is 18.3 Å². The molecule has 0 aliphatic heterocycles. The van der Waals surface area contributed by atoms with Crippen LogP contribution in [-0.4, -0.2) is 24.9 Å². The van der Waals surface area contributed by atoms with Crippen molar-refractivity contribution in [1.29, 1.82) is 0 Å². The van der Waals surface area contributed by atoms with Crippen LogP contribution in [0.2, 0.25) is 0 Å². The molecule has 0 radical (unpaired) electrons. The Hall–Kier alpha value is -1.27. The predicted molar refractivity (Wildman–Crippen MR) is 71.0 cm³/mol. The maximum absolute atomic E-state index is 10.2. The zero-order chi connectivity index (χ0) is 13.1. The maximum Gasteiger partial charge on any atom is 0.138 e. The first-order valence-corrected chi connectivity index (χ1v) is 6.55. The first-order valence-electron chi connectivity index (χ1n) is 5.76. The molecule has 1 atom stereocenters. The number of aliphatic hydroxyl groups is 1. The molecule has 0 aliphatic carbocycles. The number of nitrogens with zero attached hydrogens (tertiary/aromatic N) is 4. The van der Waals surface area contributed by atoms with Crippen LogP contribution >= 0.6 is 15.9 Å². The molecule has 1 N–H and O–H groups in total. The quantitative estimate of drug-likeness (QED) is 0.941. The van der Waals surface area contributed by atoms with Crippen LogP contribution < -0.4 is 0 Å². The summed E-state index contributed by atoms with van der Waals surface area (Å²) in [6.07, 6.45) is 2.88. The number of halogens is 1. The molecule has 2 rings (SSSR count). The number of aromatic nitrogens is 4. The van der Waals surface area contributed by atoms with E-state index in [1.165, 1.54) is 6.33 Å². The van der Waals surface area contributed by atoms with Gasteiger partial charge in [0.2, 0.25) is 0 Å². The zero-order valence-corrected chi connectivity index (χ0v) is 11.9. The van der Waals surface area contributed by atoms with Crippen LogP contribution in [0.15, 0.2) is 29.1 Å². The van der Waals surface area contributed by atoms with Crippen LogP contribution in [0.25, 0.3) is 0 Å². The van der Waals surface area contributed by atoms with E-state index >= 15 is 0 Å². The average Bonchev–Trinajstić information content (AvgIpc) is 2.77. The lowest BCUT2D eigenvalue weighted by atomic mass is 10.1. The third-order valence-electron chi connectivity index (χ3n) is 2.61. The normalized spacial score (nSPS) is 12.9. The summed E-state index contributed by atoms with van der Waals surface area (Å²) in [4.78, 5) is 8.36. The summed E-state index contributed by atoms with van der Waals surface area (Å²) >= 11 is 3.38. The largest absolute Gasteiger partial charge is 0.386 e. The molecule has 0 spiro atoms. The second kappa shape index (κ2) is 5.58. The lowest BCUT2D eigenvalue weighted by Crippen LogP contribution is -2.13. The van der Waals surface area contributed by atoms with Gasteiger partial charge in [-0.15, -0.1) is 0 Å². The SMILES string of the molecule is CC(C)n1ncnc1CC(O)c1ncccc1Br. The molecule has 0 aromatic carbocycles. The molecule has 5 nitrogen and oxygen atoms in total. The molecule has 96 valence electrons. The Balaban J connectivity index is 2.19. The summed E-state index contributed by atoms with van der Waals surface area (Å²) in [5.41, 5.74) is 0.621. The Morgan fingerprint density at radius 1 is 1.39 bits per heavy atom. The molecule has 2 heterocycles. The number of pyridine rings is 1. The standard InChI is InChI=1S/C12H15BrN4O/c1-8(2)17-11(15-7-16-17)6-10(18)12-9(13)4-3-5-14-12/h3-5,7-8,10,18H,6H2,1-2H3. The highest BCUT2D eigenvalue weighted by molar-refractivity contribution is 9.10. The Labute approximate surface area is 114 Å². The highest BCUT2D eigenvalue weighted by Gasteiger charge is 2.17. The highest BCUT2D eigenvalue weighted by atomic mass is 79.9. The molecule has 18 heavy (non-hydrogen) atoms. The maximum atomic E-state index is 10.2. The molecule has 6 heteroatoms. The summed E-state index contributed by atoms with van der Waals surface area (Å²) < 4.78 is 2.60. The zero-order valence-electron chi connectivity index (χ0n) is 10.3. The predicted octanol–water partition coefficient (Wildman–Crippen LogP) is 2.29. The Morgan fingerprint density at radius 2 is 2.17 bits per heavy atom. The van der Waals surface area contributed by atoms with E-state index in [1.54, 1.807) is 10.9 Å². The van der Waals surface area contributed by atoms with E-state index in [2.05, 4.69) is 31.0 Å². The van der Waals surface area contributed by atoms with Crippen molar-refractivity contribution in [1.82, 2.24) is 19.7 Å². The van der Waals surface area contributed by atoms with Gasteiger partial charge in [0.05, 0.1) is 5.69 Å². The molecule has 0 saturated carbocycles. The molecule has 0 aliphatic rings. The van der Waals surface area contributed by atoms with E-state index in [9.17, 15) is 5.11 Å². The summed E-state index contributed by atoms with van der Waals surface area (Å²) in [5, 5.41) is 14.4. The number of rotatable bonds is 4. The summed E-state index contributed by atoms with van der Waals surface area (Å²) in [7, 11) is 0. The van der Waals surface area contributed by atoms with Crippen LogP contribution in [0.4, 0.5) is 0 Å². The van der Waals surface area contributed by atoms with Gasteiger partial charge in [-0.3, -0.25) is 4.98 Å². The summed E-state index contributed by atoms with van der Waals surface area (Å²) in [6, 6.07) is 3.90. The molecular weight excluding hydrogens is 296 g/mol. The Morgan fingerprint density at radius 3 is 2.83 bits per heavy atom. The van der Waals surface area contributed by atoms with Crippen LogP contribution in [0.1, 0.15) is 37.5 Å². The van der Waals surface area contributed by atoms with Crippen molar-refractivity contribution in [2.24, 2.45) is 0 Å². The third kappa shape index (κ3) is 2.76. The van der Waals surface area contributed by atoms with Crippen molar-refractivity contribution in [2.75, 3.05) is 0 Å². The van der Waals surface area contributed by atoms with Gasteiger partial charge in [-0.2, -0.15) is 5.10 Å². The van der Waals surface area contributed by atoms with E-state index in [-0.39, 0.29) is 6.04 Å². The van der Waals surface area contributed by atoms with Gasteiger partial charge in [0.15, 0.2) is 0 Å². The van der Waals surface area contributed by atoms with Crippen molar-refractivity contribution < 1.29 is 5.11 Å². The number of hydrogen-bond donors (Lipinski definition) is 1. The number of hydrogen-bond acceptors (Lipinski definition) is 4. The van der Waals surface area contributed by atoms with E-state index in [4.69, 9.17) is 0 Å². The first kappa shape index (κ1) is 13.2. The van der Waals surface area contributed by atoms with Gasteiger partial charge in [-0.05, 0) is 41.9 Å². The van der Waals surface area contributed by atoms with Gasteiger partial charge < -0.3 is 5.11 Å². The molecule has 0 bridgehead atoms. The van der Waals surface area contributed by atoms with Gasteiger partial charge in [-0.25, -0.2) is 9.67 Å².